The molecule has 0 amide bonds. The van der Waals surface area contributed by atoms with E-state index in [9.17, 15) is 33.6 Å². The highest BCUT2D eigenvalue weighted by atomic mass is 35.6. The van der Waals surface area contributed by atoms with E-state index in [1.807, 2.05) is 0 Å². The van der Waals surface area contributed by atoms with Gasteiger partial charge in [0.25, 0.3) is 3.79 Å². The van der Waals surface area contributed by atoms with Gasteiger partial charge in [-0.3, -0.25) is 5.41 Å². The maximum Gasteiger partial charge on any atom is 0.338 e. The van der Waals surface area contributed by atoms with Gasteiger partial charge in [-0.05, 0) is 84.9 Å². The van der Waals surface area contributed by atoms with Crippen molar-refractivity contribution in [3.63, 3.8) is 0 Å². The summed E-state index contributed by atoms with van der Waals surface area (Å²) in [5.41, 5.74) is 0.0944. The number of hydrogen-bond acceptors (Lipinski definition) is 19. The summed E-state index contributed by atoms with van der Waals surface area (Å²) < 4.78 is 65.8. The topological polar surface area (TPSA) is 245 Å². The molecular formula is C63H50Cl3NO18. The number of ether oxygens (including phenoxy) is 11. The summed E-state index contributed by atoms with van der Waals surface area (Å²) in [7, 11) is 0. The van der Waals surface area contributed by atoms with E-state index < -0.39 is 126 Å². The molecule has 1 N–H and O–H groups in total. The lowest BCUT2D eigenvalue weighted by Crippen LogP contribution is -2.65. The summed E-state index contributed by atoms with van der Waals surface area (Å²) in [6.45, 7) is -1.64. The molecule has 7 aromatic carbocycles. The minimum absolute atomic E-state index is 0.00328. The van der Waals surface area contributed by atoms with E-state index in [4.69, 9.17) is 92.3 Å². The fourth-order valence-corrected chi connectivity index (χ4v) is 8.97. The van der Waals surface area contributed by atoms with E-state index in [2.05, 4.69) is 0 Å². The van der Waals surface area contributed by atoms with Crippen molar-refractivity contribution < 1.29 is 85.7 Å². The highest BCUT2D eigenvalue weighted by molar-refractivity contribution is 6.76. The first kappa shape index (κ1) is 60.6. The highest BCUT2D eigenvalue weighted by Gasteiger charge is 2.57. The van der Waals surface area contributed by atoms with Crippen LogP contribution in [0.1, 0.15) is 72.5 Å². The molecule has 85 heavy (non-hydrogen) atoms. The van der Waals surface area contributed by atoms with Crippen LogP contribution in [0.5, 0.6) is 0 Å². The van der Waals surface area contributed by atoms with Crippen LogP contribution in [0.4, 0.5) is 0 Å². The van der Waals surface area contributed by atoms with E-state index in [1.54, 1.807) is 127 Å². The van der Waals surface area contributed by atoms with Gasteiger partial charge >= 0.3 is 41.8 Å². The minimum Gasteiger partial charge on any atom is -0.459 e. The Bertz CT molecular complexity index is 3420. The second-order valence-corrected chi connectivity index (χ2v) is 21.0. The van der Waals surface area contributed by atoms with Gasteiger partial charge in [-0.15, -0.1) is 0 Å². The van der Waals surface area contributed by atoms with Gasteiger partial charge in [0.2, 0.25) is 18.3 Å². The van der Waals surface area contributed by atoms with E-state index >= 15 is 0 Å². The van der Waals surface area contributed by atoms with Crippen molar-refractivity contribution >= 4 is 82.5 Å². The Hall–Kier alpha value is -8.95. The fourth-order valence-electron chi connectivity index (χ4n) is 8.84. The standard InChI is InChI=1S/C63H50Cl3NO18/c64-63(65,66)62(67)85-61-52(84-59(74)44-34-20-7-21-35-44)50(82-57(72)42-30-16-5-17-31-42)48(80-55(70)40-26-12-3-13-27-40)46(78-61)37-76-60-51(83-58(73)43-32-18-6-19-33-43)49(81-56(71)41-28-14-4-15-29-41)47(79-54(69)39-24-10-2-11-25-39)45(77-60)36-75-53(68)38-22-8-1-9-23-38/h1-35,45-52,60-61,67H,36-37H2/t45-,46-,47-,48-,49+,50+,51-,52-,60+,61-/m1/s1. The van der Waals surface area contributed by atoms with E-state index in [0.29, 0.717) is 0 Å². The van der Waals surface area contributed by atoms with Crippen molar-refractivity contribution in [1.29, 1.82) is 5.41 Å². The number of hydrogen-bond donors (Lipinski definition) is 1. The van der Waals surface area contributed by atoms with Gasteiger partial charge in [-0.2, -0.15) is 0 Å². The van der Waals surface area contributed by atoms with Crippen LogP contribution in [0.3, 0.4) is 0 Å². The Morgan fingerprint density at radius 2 is 0.576 bits per heavy atom. The van der Waals surface area contributed by atoms with Crippen molar-refractivity contribution in [2.24, 2.45) is 0 Å². The lowest BCUT2D eigenvalue weighted by atomic mass is 9.96. The SMILES string of the molecule is N=C(O[C@H]1O[C@H](CO[C@H]2O[C@H](COC(=O)c3ccccc3)[C@@H](OC(=O)c3ccccc3)[C@H](OC(=O)c3ccccc3)[C@H]2OC(=O)c2ccccc2)[C@@H](OC(=O)c2ccccc2)[C@H](OC(=O)c2ccccc2)[C@H]1OC(=O)c1ccccc1)C(Cl)(Cl)Cl. The van der Waals surface area contributed by atoms with Crippen LogP contribution < -0.4 is 0 Å². The van der Waals surface area contributed by atoms with Crippen LogP contribution >= 0.6 is 34.8 Å². The second kappa shape index (κ2) is 28.6. The number of carbonyl (C=O) groups excluding carboxylic acids is 7. The molecule has 0 spiro atoms. The predicted molar refractivity (Wildman–Crippen MR) is 303 cm³/mol. The molecule has 2 heterocycles. The molecule has 0 radical (unpaired) electrons. The zero-order valence-electron chi connectivity index (χ0n) is 44.4. The number of rotatable bonds is 19. The Morgan fingerprint density at radius 3 is 0.882 bits per heavy atom. The third-order valence-corrected chi connectivity index (χ3v) is 13.5. The van der Waals surface area contributed by atoms with Crippen LogP contribution in [0, 0.1) is 5.41 Å². The molecule has 436 valence electrons. The third kappa shape index (κ3) is 15.8. The fraction of sp³-hybridized carbons (Fsp3) is 0.206. The molecule has 0 aromatic heterocycles. The molecule has 2 aliphatic rings. The monoisotopic (exact) mass is 1210 g/mol. The van der Waals surface area contributed by atoms with Crippen molar-refractivity contribution in [3.05, 3.63) is 251 Å². The van der Waals surface area contributed by atoms with Crippen LogP contribution in [0.2, 0.25) is 0 Å². The smallest absolute Gasteiger partial charge is 0.338 e. The molecule has 0 saturated carbocycles. The molecule has 9 rings (SSSR count). The third-order valence-electron chi connectivity index (χ3n) is 13.0. The van der Waals surface area contributed by atoms with E-state index in [-0.39, 0.29) is 38.9 Å². The second-order valence-electron chi connectivity index (χ2n) is 18.7. The molecular weight excluding hydrogens is 1170 g/mol. The van der Waals surface area contributed by atoms with Gasteiger partial charge in [-0.1, -0.05) is 162 Å². The summed E-state index contributed by atoms with van der Waals surface area (Å²) >= 11 is 18.5. The number of alkyl halides is 3. The first-order valence-electron chi connectivity index (χ1n) is 26.1. The Morgan fingerprint density at radius 1 is 0.329 bits per heavy atom. The van der Waals surface area contributed by atoms with Crippen molar-refractivity contribution in [3.8, 4) is 0 Å². The molecule has 19 nitrogen and oxygen atoms in total. The normalized spacial score (nSPS) is 21.8. The van der Waals surface area contributed by atoms with Crippen LogP contribution in [0.25, 0.3) is 0 Å². The molecule has 0 bridgehead atoms. The Balaban J connectivity index is 1.17. The molecule has 10 atom stereocenters. The number of carbonyl (C=O) groups is 7. The molecule has 22 heteroatoms. The number of benzene rings is 7. The summed E-state index contributed by atoms with van der Waals surface area (Å²) in [5.74, 6) is -8.04. The first-order valence-corrected chi connectivity index (χ1v) is 27.3. The van der Waals surface area contributed by atoms with Crippen LogP contribution in [0.15, 0.2) is 212 Å². The molecule has 2 fully saturated rings. The molecule has 0 unspecified atom stereocenters. The van der Waals surface area contributed by atoms with Crippen LogP contribution in [-0.4, -0.2) is 126 Å². The van der Waals surface area contributed by atoms with Crippen LogP contribution in [-0.2, 0) is 52.1 Å². The maximum absolute atomic E-state index is 14.4. The van der Waals surface area contributed by atoms with E-state index in [0.717, 1.165) is 0 Å². The Kier molecular flexibility index (Phi) is 20.4. The summed E-state index contributed by atoms with van der Waals surface area (Å²) in [6.07, 6.45) is -19.0. The lowest BCUT2D eigenvalue weighted by Gasteiger charge is -2.46. The largest absolute Gasteiger partial charge is 0.459 e. The zero-order chi connectivity index (χ0) is 59.9. The lowest BCUT2D eigenvalue weighted by molar-refractivity contribution is -0.321. The maximum atomic E-state index is 14.4. The molecule has 0 aliphatic carbocycles. The average Bonchev–Trinajstić information content (AvgIpc) is 3.64. The predicted octanol–water partition coefficient (Wildman–Crippen LogP) is 10.0. The van der Waals surface area contributed by atoms with Gasteiger partial charge in [-0.25, -0.2) is 33.6 Å². The van der Waals surface area contributed by atoms with Crippen molar-refractivity contribution in [2.45, 2.75) is 65.2 Å². The quantitative estimate of drug-likeness (QED) is 0.0260. The van der Waals surface area contributed by atoms with Gasteiger partial charge in [0, 0.05) is 0 Å². The summed E-state index contributed by atoms with van der Waals surface area (Å²) in [4.78, 5) is 99.5. The Labute approximate surface area is 500 Å². The van der Waals surface area contributed by atoms with E-state index in [1.165, 1.54) is 84.9 Å². The number of halogens is 3. The zero-order valence-corrected chi connectivity index (χ0v) is 46.6. The van der Waals surface area contributed by atoms with Gasteiger partial charge in [0.05, 0.1) is 45.6 Å². The number of nitrogens with one attached hydrogen (secondary N) is 1. The first-order chi connectivity index (χ1) is 41.1. The minimum atomic E-state index is -2.59. The molecule has 2 aliphatic heterocycles. The highest BCUT2D eigenvalue weighted by Crippen LogP contribution is 2.37. The van der Waals surface area contributed by atoms with Gasteiger partial charge in [0.1, 0.15) is 18.8 Å². The van der Waals surface area contributed by atoms with Gasteiger partial charge in [0.15, 0.2) is 36.8 Å². The summed E-state index contributed by atoms with van der Waals surface area (Å²) in [6, 6.07) is 53.5. The van der Waals surface area contributed by atoms with Crippen molar-refractivity contribution in [2.75, 3.05) is 13.2 Å². The van der Waals surface area contributed by atoms with Crippen molar-refractivity contribution in [1.82, 2.24) is 0 Å². The summed E-state index contributed by atoms with van der Waals surface area (Å²) in [5, 5.41) is 8.69. The van der Waals surface area contributed by atoms with Gasteiger partial charge < -0.3 is 52.1 Å². The average molecular weight is 1220 g/mol. The number of esters is 7. The molecule has 2 saturated heterocycles. The molecule has 7 aromatic rings.